The normalized spacial score (nSPS) is 18.0. The minimum atomic E-state index is -0.707. The van der Waals surface area contributed by atoms with E-state index in [2.05, 4.69) is 4.98 Å². The summed E-state index contributed by atoms with van der Waals surface area (Å²) in [5.74, 6) is -1.56. The Balaban J connectivity index is 1.72. The monoisotopic (exact) mass is 456 g/mol. The SMILES string of the molecule is O=C1C(=O)N(CCC[n+]2cc[nH]c2)C(c2ccc(Cl)cc2)C1=C(O)c1ccc(Cl)cc1. The van der Waals surface area contributed by atoms with Gasteiger partial charge in [0.2, 0.25) is 6.33 Å². The maximum Gasteiger partial charge on any atom is 0.295 e. The molecule has 1 aliphatic heterocycles. The highest BCUT2D eigenvalue weighted by molar-refractivity contribution is 6.46. The van der Waals surface area contributed by atoms with Gasteiger partial charge >= 0.3 is 0 Å². The third-order valence-corrected chi connectivity index (χ3v) is 5.77. The number of carbonyl (C=O) groups excluding carboxylic acids is 2. The van der Waals surface area contributed by atoms with E-state index in [0.717, 1.165) is 0 Å². The van der Waals surface area contributed by atoms with Crippen LogP contribution in [0.5, 0.6) is 0 Å². The second kappa shape index (κ2) is 8.96. The molecular weight excluding hydrogens is 437 g/mol. The number of aromatic nitrogens is 2. The molecule has 158 valence electrons. The summed E-state index contributed by atoms with van der Waals surface area (Å²) >= 11 is 12.0. The van der Waals surface area contributed by atoms with Crippen LogP contribution in [0.2, 0.25) is 10.0 Å². The number of likely N-dealkylation sites (tertiary alicyclic amines) is 1. The Morgan fingerprint density at radius 2 is 1.68 bits per heavy atom. The van der Waals surface area contributed by atoms with Gasteiger partial charge in [0.1, 0.15) is 18.2 Å². The van der Waals surface area contributed by atoms with Crippen molar-refractivity contribution in [3.8, 4) is 0 Å². The maximum absolute atomic E-state index is 13.0. The first-order valence-electron chi connectivity index (χ1n) is 9.77. The summed E-state index contributed by atoms with van der Waals surface area (Å²) < 4.78 is 1.96. The zero-order valence-corrected chi connectivity index (χ0v) is 18.0. The molecule has 31 heavy (non-hydrogen) atoms. The molecule has 1 saturated heterocycles. The fourth-order valence-corrected chi connectivity index (χ4v) is 4.00. The van der Waals surface area contributed by atoms with E-state index in [-0.39, 0.29) is 11.3 Å². The topological polar surface area (TPSA) is 77.3 Å². The molecule has 1 amide bonds. The quantitative estimate of drug-likeness (QED) is 0.253. The number of aliphatic hydroxyl groups excluding tert-OH is 1. The molecule has 1 aliphatic rings. The molecule has 3 aromatic rings. The number of rotatable bonds is 6. The van der Waals surface area contributed by atoms with Crippen molar-refractivity contribution in [3.05, 3.63) is 94.0 Å². The van der Waals surface area contributed by atoms with E-state index in [1.807, 2.05) is 23.3 Å². The Morgan fingerprint density at radius 3 is 2.29 bits per heavy atom. The molecule has 0 saturated carbocycles. The maximum atomic E-state index is 13.0. The van der Waals surface area contributed by atoms with Crippen LogP contribution in [0.3, 0.4) is 0 Å². The number of Topliss-reactive ketones (excluding diaryl/α,β-unsaturated/α-hetero) is 1. The molecular formula is C23H20Cl2N3O3+. The van der Waals surface area contributed by atoms with Gasteiger partial charge in [0, 0.05) is 28.6 Å². The van der Waals surface area contributed by atoms with E-state index < -0.39 is 17.7 Å². The number of hydrogen-bond donors (Lipinski definition) is 2. The second-order valence-electron chi connectivity index (χ2n) is 7.25. The van der Waals surface area contributed by atoms with Crippen LogP contribution in [0.1, 0.15) is 23.6 Å². The average molecular weight is 457 g/mol. The highest BCUT2D eigenvalue weighted by atomic mass is 35.5. The lowest BCUT2D eigenvalue weighted by Crippen LogP contribution is -2.36. The number of halogens is 2. The molecule has 8 heteroatoms. The number of aryl methyl sites for hydroxylation is 1. The van der Waals surface area contributed by atoms with Crippen LogP contribution in [0.25, 0.3) is 5.76 Å². The van der Waals surface area contributed by atoms with Gasteiger partial charge in [-0.15, -0.1) is 0 Å². The van der Waals surface area contributed by atoms with Crippen molar-refractivity contribution in [2.24, 2.45) is 0 Å². The van der Waals surface area contributed by atoms with Crippen molar-refractivity contribution >= 4 is 40.7 Å². The van der Waals surface area contributed by atoms with Gasteiger partial charge in [0.25, 0.3) is 11.7 Å². The first-order chi connectivity index (χ1) is 15.0. The highest BCUT2D eigenvalue weighted by Gasteiger charge is 2.45. The van der Waals surface area contributed by atoms with Crippen molar-refractivity contribution in [1.82, 2.24) is 9.88 Å². The van der Waals surface area contributed by atoms with Gasteiger partial charge in [-0.05, 0) is 42.0 Å². The average Bonchev–Trinajstić information content (AvgIpc) is 3.37. The molecule has 0 aliphatic carbocycles. The van der Waals surface area contributed by atoms with Crippen molar-refractivity contribution < 1.29 is 19.3 Å². The summed E-state index contributed by atoms with van der Waals surface area (Å²) in [6, 6.07) is 12.7. The van der Waals surface area contributed by atoms with Gasteiger partial charge in [-0.1, -0.05) is 35.3 Å². The van der Waals surface area contributed by atoms with E-state index >= 15 is 0 Å². The molecule has 1 unspecified atom stereocenters. The zero-order valence-electron chi connectivity index (χ0n) is 16.5. The molecule has 0 spiro atoms. The van der Waals surface area contributed by atoms with Crippen molar-refractivity contribution in [2.75, 3.05) is 6.54 Å². The molecule has 6 nitrogen and oxygen atoms in total. The Morgan fingerprint density at radius 1 is 1.03 bits per heavy atom. The molecule has 1 atom stereocenters. The number of aliphatic hydroxyl groups is 1. The summed E-state index contributed by atoms with van der Waals surface area (Å²) in [7, 11) is 0. The number of benzene rings is 2. The fourth-order valence-electron chi connectivity index (χ4n) is 3.75. The Kier molecular flexibility index (Phi) is 6.11. The minimum Gasteiger partial charge on any atom is -0.507 e. The van der Waals surface area contributed by atoms with Gasteiger partial charge in [-0.2, -0.15) is 0 Å². The lowest BCUT2D eigenvalue weighted by molar-refractivity contribution is -0.695. The Hall–Kier alpha value is -3.09. The number of nitrogens with one attached hydrogen (secondary N) is 1. The van der Waals surface area contributed by atoms with Crippen LogP contribution in [0.15, 0.2) is 72.8 Å². The lowest BCUT2D eigenvalue weighted by atomic mass is 9.95. The standard InChI is InChI=1S/C23H19Cl2N3O3/c24-17-6-2-15(3-7-17)20-19(21(29)16-4-8-18(25)9-5-16)22(30)23(31)28(20)12-1-11-27-13-10-26-14-27/h2-10,13-14,20H,1,11-12H2,(H,29,30)/p+1. The second-order valence-corrected chi connectivity index (χ2v) is 8.13. The summed E-state index contributed by atoms with van der Waals surface area (Å²) in [4.78, 5) is 30.4. The van der Waals surface area contributed by atoms with Gasteiger partial charge in [-0.25, -0.2) is 4.57 Å². The van der Waals surface area contributed by atoms with E-state index in [1.165, 1.54) is 4.90 Å². The lowest BCUT2D eigenvalue weighted by Gasteiger charge is -2.25. The number of amides is 1. The van der Waals surface area contributed by atoms with E-state index in [1.54, 1.807) is 48.5 Å². The van der Waals surface area contributed by atoms with Gasteiger partial charge < -0.3 is 10.0 Å². The van der Waals surface area contributed by atoms with Gasteiger partial charge in [-0.3, -0.25) is 14.6 Å². The summed E-state index contributed by atoms with van der Waals surface area (Å²) in [5, 5.41) is 12.0. The molecule has 2 N–H and O–H groups in total. The highest BCUT2D eigenvalue weighted by Crippen LogP contribution is 2.39. The third-order valence-electron chi connectivity index (χ3n) is 5.26. The first kappa shape index (κ1) is 21.2. The van der Waals surface area contributed by atoms with Gasteiger partial charge in [0.15, 0.2) is 0 Å². The Bertz CT molecular complexity index is 1120. The van der Waals surface area contributed by atoms with Crippen molar-refractivity contribution in [1.29, 1.82) is 0 Å². The van der Waals surface area contributed by atoms with E-state index in [4.69, 9.17) is 23.2 Å². The molecule has 2 heterocycles. The number of H-pyrrole nitrogens is 1. The van der Waals surface area contributed by atoms with Crippen molar-refractivity contribution in [2.45, 2.75) is 19.0 Å². The number of imidazole rings is 1. The summed E-state index contributed by atoms with van der Waals surface area (Å²) in [6.45, 7) is 1.03. The summed E-state index contributed by atoms with van der Waals surface area (Å²) in [6.07, 6.45) is 6.17. The van der Waals surface area contributed by atoms with Crippen LogP contribution < -0.4 is 4.57 Å². The predicted molar refractivity (Wildman–Crippen MR) is 118 cm³/mol. The first-order valence-corrected chi connectivity index (χ1v) is 10.5. The van der Waals surface area contributed by atoms with Crippen LogP contribution in [0, 0.1) is 0 Å². The largest absolute Gasteiger partial charge is 0.507 e. The fraction of sp³-hybridized carbons (Fsp3) is 0.174. The number of carbonyl (C=O) groups is 2. The van der Waals surface area contributed by atoms with Crippen LogP contribution >= 0.6 is 23.2 Å². The molecule has 2 aromatic carbocycles. The smallest absolute Gasteiger partial charge is 0.295 e. The van der Waals surface area contributed by atoms with Crippen molar-refractivity contribution in [3.63, 3.8) is 0 Å². The third kappa shape index (κ3) is 4.36. The predicted octanol–water partition coefficient (Wildman–Crippen LogP) is 4.12. The van der Waals surface area contributed by atoms with Crippen LogP contribution in [0.4, 0.5) is 0 Å². The zero-order chi connectivity index (χ0) is 22.0. The van der Waals surface area contributed by atoms with Crippen LogP contribution in [-0.2, 0) is 16.1 Å². The van der Waals surface area contributed by atoms with E-state index in [9.17, 15) is 14.7 Å². The molecule has 1 aromatic heterocycles. The van der Waals surface area contributed by atoms with E-state index in [0.29, 0.717) is 40.7 Å². The minimum absolute atomic E-state index is 0.0592. The van der Waals surface area contributed by atoms with Crippen LogP contribution in [-0.4, -0.2) is 33.2 Å². The number of ketones is 1. The number of aromatic amines is 1. The molecule has 0 radical (unpaired) electrons. The molecule has 4 rings (SSSR count). The summed E-state index contributed by atoms with van der Waals surface area (Å²) in [5.41, 5.74) is 1.18. The number of nitrogens with zero attached hydrogens (tertiary/aromatic N) is 2. The van der Waals surface area contributed by atoms with Gasteiger partial charge in [0.05, 0.1) is 18.2 Å². The molecule has 0 bridgehead atoms. The molecule has 1 fully saturated rings. The Labute approximate surface area is 189 Å². The number of hydrogen-bond acceptors (Lipinski definition) is 3.